The largest absolute Gasteiger partial charge is 0.465 e. The van der Waals surface area contributed by atoms with Crippen LogP contribution in [-0.2, 0) is 29.0 Å². The lowest BCUT2D eigenvalue weighted by Crippen LogP contribution is -2.44. The molecule has 0 radical (unpaired) electrons. The van der Waals surface area contributed by atoms with E-state index in [9.17, 15) is 28.7 Å². The summed E-state index contributed by atoms with van der Waals surface area (Å²) in [6.07, 6.45) is 4.12. The first-order chi connectivity index (χ1) is 20.3. The molecule has 0 saturated heterocycles. The number of carbonyl (C=O) groups excluding carboxylic acids is 2. The van der Waals surface area contributed by atoms with Crippen LogP contribution in [0, 0.1) is 17.7 Å². The second-order valence-electron chi connectivity index (χ2n) is 11.5. The number of fused-ring (bicyclic) bond motifs is 1. The zero-order valence-corrected chi connectivity index (χ0v) is 25.4. The van der Waals surface area contributed by atoms with Crippen molar-refractivity contribution in [2.45, 2.75) is 66.0 Å². The number of likely N-dealkylation sites (N-methyl/N-ethyl adjacent to an activating group) is 1. The second kappa shape index (κ2) is 14.6. The molecule has 0 fully saturated rings. The van der Waals surface area contributed by atoms with Crippen LogP contribution in [0.3, 0.4) is 0 Å². The summed E-state index contributed by atoms with van der Waals surface area (Å²) in [6, 6.07) is 2.04. The summed E-state index contributed by atoms with van der Waals surface area (Å²) in [4.78, 5) is 63.1. The minimum absolute atomic E-state index is 0.0126. The summed E-state index contributed by atoms with van der Waals surface area (Å²) < 4.78 is 16.1. The van der Waals surface area contributed by atoms with E-state index in [1.54, 1.807) is 26.2 Å². The van der Waals surface area contributed by atoms with Gasteiger partial charge >= 0.3 is 6.09 Å². The molecule has 3 amide bonds. The Morgan fingerprint density at radius 2 is 1.84 bits per heavy atom. The Balaban J connectivity index is 1.92. The first-order valence-electron chi connectivity index (χ1n) is 14.2. The van der Waals surface area contributed by atoms with E-state index in [0.29, 0.717) is 35.6 Å². The van der Waals surface area contributed by atoms with Crippen molar-refractivity contribution in [3.05, 3.63) is 63.9 Å². The van der Waals surface area contributed by atoms with Gasteiger partial charge in [-0.2, -0.15) is 0 Å². The van der Waals surface area contributed by atoms with E-state index in [-0.39, 0.29) is 48.3 Å². The Hall–Kier alpha value is -4.55. The highest BCUT2D eigenvalue weighted by atomic mass is 19.1. The van der Waals surface area contributed by atoms with Crippen LogP contribution in [0.5, 0.6) is 0 Å². The minimum Gasteiger partial charge on any atom is -0.465 e. The highest BCUT2D eigenvalue weighted by molar-refractivity contribution is 5.96. The van der Waals surface area contributed by atoms with Gasteiger partial charge in [-0.05, 0) is 55.7 Å². The number of carbonyl (C=O) groups is 3. The fraction of sp³-hybridized carbons (Fsp3) is 0.467. The van der Waals surface area contributed by atoms with Crippen LogP contribution in [0.1, 0.15) is 57.7 Å². The van der Waals surface area contributed by atoms with Crippen molar-refractivity contribution in [1.82, 2.24) is 29.7 Å². The van der Waals surface area contributed by atoms with Gasteiger partial charge in [-0.1, -0.05) is 33.8 Å². The van der Waals surface area contributed by atoms with E-state index >= 15 is 0 Å². The lowest BCUT2D eigenvalue weighted by atomic mass is 10.1. The first kappa shape index (κ1) is 33.0. The Morgan fingerprint density at radius 1 is 1.14 bits per heavy atom. The molecule has 1 unspecified atom stereocenters. The summed E-state index contributed by atoms with van der Waals surface area (Å²) in [7, 11) is 3.20. The number of halogens is 1. The average Bonchev–Trinajstić information content (AvgIpc) is 3.35. The summed E-state index contributed by atoms with van der Waals surface area (Å²) in [6.45, 7) is 8.07. The van der Waals surface area contributed by atoms with Crippen LogP contribution in [-0.4, -0.2) is 67.6 Å². The summed E-state index contributed by atoms with van der Waals surface area (Å²) in [5.41, 5.74) is 1.44. The van der Waals surface area contributed by atoms with Gasteiger partial charge in [0.25, 0.3) is 5.56 Å². The number of aromatic amines is 1. The van der Waals surface area contributed by atoms with Gasteiger partial charge in [0, 0.05) is 19.8 Å². The molecule has 43 heavy (non-hydrogen) atoms. The number of nitrogens with zero attached hydrogens (tertiary/aromatic N) is 4. The summed E-state index contributed by atoms with van der Waals surface area (Å²) in [5, 5.41) is 14.0. The monoisotopic (exact) mass is 597 g/mol. The maximum Gasteiger partial charge on any atom is 0.405 e. The molecule has 4 N–H and O–H groups in total. The zero-order chi connectivity index (χ0) is 31.8. The molecule has 0 aliphatic carbocycles. The third kappa shape index (κ3) is 8.97. The Bertz CT molecular complexity index is 1560. The van der Waals surface area contributed by atoms with Crippen LogP contribution in [0.25, 0.3) is 11.0 Å². The molecule has 0 aliphatic rings. The molecule has 1 atom stereocenters. The van der Waals surface area contributed by atoms with Crippen molar-refractivity contribution in [1.29, 1.82) is 0 Å². The highest BCUT2D eigenvalue weighted by Crippen LogP contribution is 2.21. The zero-order valence-electron chi connectivity index (χ0n) is 25.4. The molecule has 0 spiro atoms. The second-order valence-corrected chi connectivity index (χ2v) is 11.5. The fourth-order valence-electron chi connectivity index (χ4n) is 4.55. The van der Waals surface area contributed by atoms with Gasteiger partial charge in [-0.15, -0.1) is 0 Å². The van der Waals surface area contributed by atoms with Crippen molar-refractivity contribution in [2.75, 3.05) is 19.4 Å². The number of amides is 3. The van der Waals surface area contributed by atoms with Crippen molar-refractivity contribution in [3.8, 4) is 0 Å². The molecule has 0 aromatic carbocycles. The molecule has 3 aromatic heterocycles. The number of imidazole rings is 1. The topological polar surface area (TPSA) is 162 Å². The first-order valence-corrected chi connectivity index (χ1v) is 14.2. The lowest BCUT2D eigenvalue weighted by molar-refractivity contribution is -0.123. The van der Waals surface area contributed by atoms with E-state index < -0.39 is 29.4 Å². The number of anilines is 1. The predicted octanol–water partition coefficient (Wildman–Crippen LogP) is 3.70. The number of hydrogen-bond acceptors (Lipinski definition) is 6. The van der Waals surface area contributed by atoms with Crippen LogP contribution < -0.4 is 16.2 Å². The van der Waals surface area contributed by atoms with Gasteiger partial charge < -0.3 is 30.2 Å². The van der Waals surface area contributed by atoms with Gasteiger partial charge in [-0.3, -0.25) is 19.4 Å². The number of H-pyrrole nitrogens is 1. The van der Waals surface area contributed by atoms with Crippen LogP contribution >= 0.6 is 0 Å². The smallest absolute Gasteiger partial charge is 0.405 e. The normalized spacial score (nSPS) is 12.3. The van der Waals surface area contributed by atoms with Crippen LogP contribution in [0.2, 0.25) is 0 Å². The molecular formula is C30H40FN7O5. The molecule has 3 heterocycles. The van der Waals surface area contributed by atoms with Gasteiger partial charge in [0.2, 0.25) is 11.8 Å². The minimum atomic E-state index is -1.40. The lowest BCUT2D eigenvalue weighted by Gasteiger charge is -2.18. The molecule has 0 aliphatic heterocycles. The highest BCUT2D eigenvalue weighted by Gasteiger charge is 2.23. The number of rotatable bonds is 13. The van der Waals surface area contributed by atoms with Crippen molar-refractivity contribution >= 4 is 34.6 Å². The SMILES string of the molecule is CC(C)Cc1ncc(F)c2nc(Cn3c(CC(C)C)ccc(NC(=O)C(CC/C=C/C(=O)N(C)C)NC(=O)O)c3=O)[nH]c12. The fourth-order valence-corrected chi connectivity index (χ4v) is 4.55. The molecule has 3 aromatic rings. The Kier molecular flexibility index (Phi) is 11.2. The third-order valence-corrected chi connectivity index (χ3v) is 6.59. The number of carboxylic acid groups (broad SMARTS) is 1. The van der Waals surface area contributed by atoms with Crippen molar-refractivity contribution in [2.24, 2.45) is 11.8 Å². The van der Waals surface area contributed by atoms with E-state index in [2.05, 4.69) is 25.6 Å². The quantitative estimate of drug-likeness (QED) is 0.218. The van der Waals surface area contributed by atoms with E-state index in [1.807, 2.05) is 27.7 Å². The Morgan fingerprint density at radius 3 is 2.47 bits per heavy atom. The van der Waals surface area contributed by atoms with Gasteiger partial charge in [0.05, 0.1) is 24.0 Å². The Labute approximate surface area is 249 Å². The van der Waals surface area contributed by atoms with Gasteiger partial charge in [0.1, 0.15) is 23.1 Å². The van der Waals surface area contributed by atoms with Gasteiger partial charge in [0.15, 0.2) is 5.82 Å². The molecular weight excluding hydrogens is 557 g/mol. The average molecular weight is 598 g/mol. The molecule has 13 heteroatoms. The van der Waals surface area contributed by atoms with Crippen LogP contribution in [0.4, 0.5) is 14.9 Å². The summed E-state index contributed by atoms with van der Waals surface area (Å²) in [5.74, 6) is -0.688. The van der Waals surface area contributed by atoms with Crippen LogP contribution in [0.15, 0.2) is 35.3 Å². The maximum atomic E-state index is 14.6. The van der Waals surface area contributed by atoms with Crippen molar-refractivity contribution in [3.63, 3.8) is 0 Å². The van der Waals surface area contributed by atoms with Crippen molar-refractivity contribution < 1.29 is 23.9 Å². The van der Waals surface area contributed by atoms with Gasteiger partial charge in [-0.25, -0.2) is 14.2 Å². The maximum absolute atomic E-state index is 14.6. The molecule has 12 nitrogen and oxygen atoms in total. The number of hydrogen-bond donors (Lipinski definition) is 4. The standard InChI is InChI=1S/C30H40FN7O5/c1-17(2)13-19-11-12-22(33-28(40)21(34-30(42)43)9-7-8-10-25(39)37(5)6)29(41)38(19)16-24-35-26-20(31)15-32-23(14-18(3)4)27(26)36-24/h8,10-12,15,17-18,21,34H,7,9,13-14,16H2,1-6H3,(H,33,40)(H,35,36)(H,42,43)/b10-8+. The third-order valence-electron chi connectivity index (χ3n) is 6.59. The predicted molar refractivity (Wildman–Crippen MR) is 161 cm³/mol. The molecule has 0 saturated carbocycles. The number of allylic oxidation sites excluding steroid dienone is 1. The summed E-state index contributed by atoms with van der Waals surface area (Å²) >= 11 is 0. The number of aromatic nitrogens is 4. The van der Waals surface area contributed by atoms with E-state index in [1.165, 1.54) is 21.6 Å². The molecule has 3 rings (SSSR count). The number of pyridine rings is 2. The van der Waals surface area contributed by atoms with E-state index in [4.69, 9.17) is 0 Å². The molecule has 0 bridgehead atoms. The van der Waals surface area contributed by atoms with E-state index in [0.717, 1.165) is 6.20 Å². The molecule has 232 valence electrons. The number of nitrogens with one attached hydrogen (secondary N) is 3.